The Hall–Kier alpha value is -2.18. The predicted molar refractivity (Wildman–Crippen MR) is 71.4 cm³/mol. The number of pyridine rings is 2. The number of hydrogen-bond acceptors (Lipinski definition) is 4. The molecule has 0 radical (unpaired) electrons. The Morgan fingerprint density at radius 3 is 2.40 bits per heavy atom. The standard InChI is InChI=1S/C12H6Cl2N2O4/c13-6-4-16-10(9(14)8(6)12(19)20)7-3-5(11(17)18)1-2-15-7/h1-4H,(H,17,18)(H,19,20). The third kappa shape index (κ3) is 2.56. The van der Waals surface area contributed by atoms with Gasteiger partial charge in [0.15, 0.2) is 0 Å². The Bertz CT molecular complexity index is 719. The Morgan fingerprint density at radius 2 is 1.80 bits per heavy atom. The van der Waals surface area contributed by atoms with Crippen molar-refractivity contribution in [2.45, 2.75) is 0 Å². The summed E-state index contributed by atoms with van der Waals surface area (Å²) in [6, 6.07) is 2.55. The van der Waals surface area contributed by atoms with Crippen molar-refractivity contribution in [3.8, 4) is 11.4 Å². The van der Waals surface area contributed by atoms with Gasteiger partial charge in [-0.25, -0.2) is 9.59 Å². The minimum Gasteiger partial charge on any atom is -0.478 e. The van der Waals surface area contributed by atoms with E-state index < -0.39 is 11.9 Å². The van der Waals surface area contributed by atoms with Crippen molar-refractivity contribution in [2.24, 2.45) is 0 Å². The molecule has 0 atom stereocenters. The lowest BCUT2D eigenvalue weighted by Crippen LogP contribution is -2.03. The van der Waals surface area contributed by atoms with E-state index >= 15 is 0 Å². The van der Waals surface area contributed by atoms with Crippen LogP contribution >= 0.6 is 23.2 Å². The van der Waals surface area contributed by atoms with E-state index in [1.54, 1.807) is 0 Å². The van der Waals surface area contributed by atoms with Crippen LogP contribution in [0.3, 0.4) is 0 Å². The van der Waals surface area contributed by atoms with Crippen molar-refractivity contribution in [3.05, 3.63) is 45.7 Å². The third-order valence-corrected chi connectivity index (χ3v) is 3.09. The first-order valence-corrected chi connectivity index (χ1v) is 5.94. The van der Waals surface area contributed by atoms with Gasteiger partial charge in [-0.05, 0) is 12.1 Å². The maximum absolute atomic E-state index is 11.1. The molecule has 6 nitrogen and oxygen atoms in total. The Morgan fingerprint density at radius 1 is 1.10 bits per heavy atom. The Balaban J connectivity index is 2.65. The van der Waals surface area contributed by atoms with Crippen LogP contribution in [0.4, 0.5) is 0 Å². The number of halogens is 2. The molecule has 0 unspecified atom stereocenters. The van der Waals surface area contributed by atoms with Crippen LogP contribution in [-0.4, -0.2) is 32.1 Å². The van der Waals surface area contributed by atoms with E-state index in [4.69, 9.17) is 33.4 Å². The Kier molecular flexibility index (Phi) is 3.87. The van der Waals surface area contributed by atoms with E-state index in [0.717, 1.165) is 6.20 Å². The number of carbonyl (C=O) groups is 2. The molecule has 0 saturated carbocycles. The lowest BCUT2D eigenvalue weighted by Gasteiger charge is -2.07. The van der Waals surface area contributed by atoms with Gasteiger partial charge in [0.25, 0.3) is 0 Å². The van der Waals surface area contributed by atoms with E-state index in [1.807, 2.05) is 0 Å². The van der Waals surface area contributed by atoms with Gasteiger partial charge in [-0.2, -0.15) is 0 Å². The molecule has 0 aliphatic rings. The molecule has 0 amide bonds. The molecule has 8 heteroatoms. The molecule has 2 heterocycles. The van der Waals surface area contributed by atoms with Gasteiger partial charge >= 0.3 is 11.9 Å². The summed E-state index contributed by atoms with van der Waals surface area (Å²) in [6.07, 6.45) is 2.40. The lowest BCUT2D eigenvalue weighted by molar-refractivity contribution is 0.0686. The smallest absolute Gasteiger partial charge is 0.338 e. The molecule has 0 aliphatic carbocycles. The second-order valence-electron chi connectivity index (χ2n) is 3.68. The van der Waals surface area contributed by atoms with Gasteiger partial charge in [0.05, 0.1) is 21.3 Å². The van der Waals surface area contributed by atoms with E-state index in [2.05, 4.69) is 9.97 Å². The number of aromatic nitrogens is 2. The van der Waals surface area contributed by atoms with Gasteiger partial charge in [-0.1, -0.05) is 23.2 Å². The third-order valence-electron chi connectivity index (χ3n) is 2.44. The van der Waals surface area contributed by atoms with Crippen molar-refractivity contribution < 1.29 is 19.8 Å². The summed E-state index contributed by atoms with van der Waals surface area (Å²) in [6.45, 7) is 0. The minimum atomic E-state index is -1.31. The number of rotatable bonds is 3. The van der Waals surface area contributed by atoms with Crippen LogP contribution in [0.15, 0.2) is 24.5 Å². The first kappa shape index (κ1) is 14.2. The zero-order chi connectivity index (χ0) is 14.9. The highest BCUT2D eigenvalue weighted by molar-refractivity contribution is 6.40. The van der Waals surface area contributed by atoms with Crippen LogP contribution < -0.4 is 0 Å². The summed E-state index contributed by atoms with van der Waals surface area (Å²) in [5.41, 5.74) is -0.119. The second kappa shape index (κ2) is 5.44. The largest absolute Gasteiger partial charge is 0.478 e. The SMILES string of the molecule is O=C(O)c1ccnc(-c2ncc(Cl)c(C(=O)O)c2Cl)c1. The monoisotopic (exact) mass is 312 g/mol. The fourth-order valence-corrected chi connectivity index (χ4v) is 2.13. The van der Waals surface area contributed by atoms with Gasteiger partial charge in [0.1, 0.15) is 11.3 Å². The second-order valence-corrected chi connectivity index (χ2v) is 4.47. The van der Waals surface area contributed by atoms with Gasteiger partial charge in [-0.15, -0.1) is 0 Å². The van der Waals surface area contributed by atoms with E-state index in [0.29, 0.717) is 0 Å². The molecule has 0 saturated heterocycles. The van der Waals surface area contributed by atoms with Gasteiger partial charge in [-0.3, -0.25) is 9.97 Å². The zero-order valence-corrected chi connectivity index (χ0v) is 11.2. The number of aromatic carboxylic acids is 2. The molecule has 0 aromatic carbocycles. The van der Waals surface area contributed by atoms with Crippen LogP contribution in [-0.2, 0) is 0 Å². The topological polar surface area (TPSA) is 100 Å². The van der Waals surface area contributed by atoms with Crippen molar-refractivity contribution in [2.75, 3.05) is 0 Å². The molecular formula is C12H6Cl2N2O4. The summed E-state index contributed by atoms with van der Waals surface area (Å²) in [7, 11) is 0. The molecule has 2 aromatic rings. The molecule has 2 N–H and O–H groups in total. The van der Waals surface area contributed by atoms with Gasteiger partial charge in [0.2, 0.25) is 0 Å². The summed E-state index contributed by atoms with van der Waals surface area (Å²) in [4.78, 5) is 29.8. The van der Waals surface area contributed by atoms with Crippen molar-refractivity contribution in [1.29, 1.82) is 0 Å². The first-order chi connectivity index (χ1) is 9.41. The number of carboxylic acids is 2. The normalized spacial score (nSPS) is 10.3. The number of nitrogens with zero attached hydrogens (tertiary/aromatic N) is 2. The number of carboxylic acid groups (broad SMARTS) is 2. The van der Waals surface area contributed by atoms with E-state index in [9.17, 15) is 9.59 Å². The van der Waals surface area contributed by atoms with Crippen LogP contribution in [0.1, 0.15) is 20.7 Å². The maximum atomic E-state index is 11.1. The highest BCUT2D eigenvalue weighted by Crippen LogP contribution is 2.32. The van der Waals surface area contributed by atoms with Crippen molar-refractivity contribution in [3.63, 3.8) is 0 Å². The Labute approximate surface area is 122 Å². The summed E-state index contributed by atoms with van der Waals surface area (Å²) >= 11 is 11.7. The molecule has 0 fully saturated rings. The molecule has 102 valence electrons. The number of hydrogen-bond donors (Lipinski definition) is 2. The molecule has 2 rings (SSSR count). The average Bonchev–Trinajstić information content (AvgIpc) is 2.38. The fourth-order valence-electron chi connectivity index (χ4n) is 1.53. The van der Waals surface area contributed by atoms with Gasteiger partial charge in [0, 0.05) is 12.4 Å². The van der Waals surface area contributed by atoms with Crippen LogP contribution in [0, 0.1) is 0 Å². The zero-order valence-electron chi connectivity index (χ0n) is 9.67. The van der Waals surface area contributed by atoms with Crippen LogP contribution in [0.2, 0.25) is 10.0 Å². The van der Waals surface area contributed by atoms with Gasteiger partial charge < -0.3 is 10.2 Å². The lowest BCUT2D eigenvalue weighted by atomic mass is 10.1. The summed E-state index contributed by atoms with van der Waals surface area (Å²) < 4.78 is 0. The average molecular weight is 313 g/mol. The maximum Gasteiger partial charge on any atom is 0.338 e. The first-order valence-electron chi connectivity index (χ1n) is 5.19. The molecule has 0 spiro atoms. The molecule has 2 aromatic heterocycles. The highest BCUT2D eigenvalue weighted by Gasteiger charge is 2.20. The fraction of sp³-hybridized carbons (Fsp3) is 0. The molecule has 0 aliphatic heterocycles. The summed E-state index contributed by atoms with van der Waals surface area (Å²) in [5, 5.41) is 17.7. The quantitative estimate of drug-likeness (QED) is 0.903. The molecular weight excluding hydrogens is 307 g/mol. The van der Waals surface area contributed by atoms with E-state index in [-0.39, 0.29) is 32.6 Å². The minimum absolute atomic E-state index is 0.0142. The van der Waals surface area contributed by atoms with Crippen LogP contribution in [0.25, 0.3) is 11.4 Å². The van der Waals surface area contributed by atoms with Crippen molar-refractivity contribution in [1.82, 2.24) is 9.97 Å². The molecule has 20 heavy (non-hydrogen) atoms. The van der Waals surface area contributed by atoms with E-state index in [1.165, 1.54) is 18.3 Å². The summed E-state index contributed by atoms with van der Waals surface area (Å²) in [5.74, 6) is -2.45. The predicted octanol–water partition coefficient (Wildman–Crippen LogP) is 2.85. The molecule has 0 bridgehead atoms. The van der Waals surface area contributed by atoms with Crippen LogP contribution in [0.5, 0.6) is 0 Å². The highest BCUT2D eigenvalue weighted by atomic mass is 35.5. The van der Waals surface area contributed by atoms with Crippen molar-refractivity contribution >= 4 is 35.1 Å².